The lowest BCUT2D eigenvalue weighted by atomic mass is 9.98. The summed E-state index contributed by atoms with van der Waals surface area (Å²) in [6, 6.07) is -0.929. The minimum absolute atomic E-state index is 0.00114. The number of ether oxygens (including phenoxy) is 2. The van der Waals surface area contributed by atoms with E-state index in [0.29, 0.717) is 18.0 Å². The standard InChI is InChI=1S/C17H30ClN3O8/c1-10(2)9-20(16(25)21(19-27)6-5-18)15(24)13-12(22)14(23)17(26,29-13)8-11-4-3-7-28-11/h10-15,22-24,26H,3-9H2,1-2H3/t11?,12-,13-,14-,15?,17-/m1/s1. The highest BCUT2D eigenvalue weighted by Gasteiger charge is 2.57. The van der Waals surface area contributed by atoms with Gasteiger partial charge in [-0.1, -0.05) is 13.8 Å². The van der Waals surface area contributed by atoms with Gasteiger partial charge in [0.2, 0.25) is 0 Å². The molecule has 6 atom stereocenters. The second-order valence-electron chi connectivity index (χ2n) is 7.84. The van der Waals surface area contributed by atoms with Crippen LogP contribution in [-0.4, -0.2) is 98.4 Å². The molecule has 2 aliphatic rings. The molecule has 2 rings (SSSR count). The Bertz CT molecular complexity index is 565. The molecule has 2 saturated heterocycles. The first-order chi connectivity index (χ1) is 13.6. The third-order valence-corrected chi connectivity index (χ3v) is 5.21. The molecule has 2 heterocycles. The Morgan fingerprint density at radius 2 is 2.07 bits per heavy atom. The zero-order chi connectivity index (χ0) is 21.8. The molecule has 0 radical (unpaired) electrons. The number of carbonyl (C=O) groups excluding carboxylic acids is 1. The van der Waals surface area contributed by atoms with Gasteiger partial charge in [0.15, 0.2) is 12.0 Å². The molecule has 2 fully saturated rings. The van der Waals surface area contributed by atoms with E-state index in [-0.39, 0.29) is 37.4 Å². The first-order valence-electron chi connectivity index (χ1n) is 9.68. The van der Waals surface area contributed by atoms with Crippen molar-refractivity contribution in [3.05, 3.63) is 4.91 Å². The molecule has 168 valence electrons. The summed E-state index contributed by atoms with van der Waals surface area (Å²) in [6.45, 7) is 3.91. The van der Waals surface area contributed by atoms with Crippen molar-refractivity contribution >= 4 is 17.6 Å². The fraction of sp³-hybridized carbons (Fsp3) is 0.941. The number of hydrogen-bond donors (Lipinski definition) is 4. The fourth-order valence-corrected chi connectivity index (χ4v) is 3.79. The molecular weight excluding hydrogens is 410 g/mol. The van der Waals surface area contributed by atoms with E-state index in [0.717, 1.165) is 11.3 Å². The van der Waals surface area contributed by atoms with Crippen molar-refractivity contribution in [3.63, 3.8) is 0 Å². The second-order valence-corrected chi connectivity index (χ2v) is 8.22. The van der Waals surface area contributed by atoms with Crippen LogP contribution in [0.25, 0.3) is 0 Å². The molecule has 0 bridgehead atoms. The van der Waals surface area contributed by atoms with Crippen molar-refractivity contribution in [1.29, 1.82) is 0 Å². The minimum Gasteiger partial charge on any atom is -0.387 e. The van der Waals surface area contributed by atoms with Crippen molar-refractivity contribution in [2.75, 3.05) is 25.6 Å². The Labute approximate surface area is 174 Å². The average Bonchev–Trinajstić information content (AvgIpc) is 3.25. The quantitative estimate of drug-likeness (QED) is 0.169. The predicted molar refractivity (Wildman–Crippen MR) is 102 cm³/mol. The van der Waals surface area contributed by atoms with Gasteiger partial charge in [-0.2, -0.15) is 5.01 Å². The first-order valence-corrected chi connectivity index (χ1v) is 10.2. The molecule has 2 amide bonds. The zero-order valence-corrected chi connectivity index (χ0v) is 17.3. The molecule has 0 spiro atoms. The summed E-state index contributed by atoms with van der Waals surface area (Å²) in [6.07, 6.45) is -5.65. The van der Waals surface area contributed by atoms with Crippen molar-refractivity contribution in [2.24, 2.45) is 11.2 Å². The number of carbonyl (C=O) groups is 1. The van der Waals surface area contributed by atoms with Crippen LogP contribution in [0.5, 0.6) is 0 Å². The number of amides is 2. The maximum Gasteiger partial charge on any atom is 0.345 e. The summed E-state index contributed by atoms with van der Waals surface area (Å²) in [5, 5.41) is 45.4. The van der Waals surface area contributed by atoms with Crippen LogP contribution in [0.15, 0.2) is 5.29 Å². The number of hydrogen-bond acceptors (Lipinski definition) is 9. The molecular formula is C17H30ClN3O8. The predicted octanol–water partition coefficient (Wildman–Crippen LogP) is -0.0167. The molecule has 0 aromatic heterocycles. The van der Waals surface area contributed by atoms with Crippen molar-refractivity contribution < 1.29 is 34.7 Å². The van der Waals surface area contributed by atoms with Crippen LogP contribution < -0.4 is 0 Å². The number of nitrogens with zero attached hydrogens (tertiary/aromatic N) is 3. The van der Waals surface area contributed by atoms with Crippen molar-refractivity contribution in [1.82, 2.24) is 9.91 Å². The van der Waals surface area contributed by atoms with Gasteiger partial charge in [-0.3, -0.25) is 4.90 Å². The van der Waals surface area contributed by atoms with Crippen LogP contribution >= 0.6 is 11.6 Å². The van der Waals surface area contributed by atoms with E-state index in [1.54, 1.807) is 13.8 Å². The van der Waals surface area contributed by atoms with Crippen LogP contribution in [0, 0.1) is 10.8 Å². The third kappa shape index (κ3) is 5.54. The summed E-state index contributed by atoms with van der Waals surface area (Å²) in [4.78, 5) is 24.6. The van der Waals surface area contributed by atoms with Gasteiger partial charge in [0, 0.05) is 25.5 Å². The molecule has 0 aromatic rings. The van der Waals surface area contributed by atoms with Crippen LogP contribution in [0.4, 0.5) is 4.79 Å². The topological polar surface area (TPSA) is 152 Å². The number of halogens is 1. The van der Waals surface area contributed by atoms with Gasteiger partial charge in [-0.25, -0.2) is 4.79 Å². The number of aliphatic hydroxyl groups excluding tert-OH is 3. The average molecular weight is 440 g/mol. The smallest absolute Gasteiger partial charge is 0.345 e. The van der Waals surface area contributed by atoms with Gasteiger partial charge < -0.3 is 29.9 Å². The molecule has 12 heteroatoms. The van der Waals surface area contributed by atoms with E-state index in [1.807, 2.05) is 0 Å². The van der Waals surface area contributed by atoms with E-state index in [9.17, 15) is 30.1 Å². The summed E-state index contributed by atoms with van der Waals surface area (Å²) in [5.41, 5.74) is 0. The molecule has 29 heavy (non-hydrogen) atoms. The Kier molecular flexibility index (Phi) is 8.59. The van der Waals surface area contributed by atoms with Crippen LogP contribution in [0.2, 0.25) is 0 Å². The molecule has 4 N–H and O–H groups in total. The van der Waals surface area contributed by atoms with E-state index < -0.39 is 36.4 Å². The largest absolute Gasteiger partial charge is 0.387 e. The summed E-state index contributed by atoms with van der Waals surface area (Å²) in [7, 11) is 0. The normalized spacial score (nSPS) is 33.1. The Balaban J connectivity index is 2.19. The number of alkyl halides is 1. The number of rotatable bonds is 9. The van der Waals surface area contributed by atoms with Gasteiger partial charge in [-0.05, 0) is 18.8 Å². The maximum atomic E-state index is 12.7. The zero-order valence-electron chi connectivity index (χ0n) is 16.6. The van der Waals surface area contributed by atoms with E-state index in [4.69, 9.17) is 21.1 Å². The van der Waals surface area contributed by atoms with E-state index in [1.165, 1.54) is 0 Å². The molecule has 0 saturated carbocycles. The van der Waals surface area contributed by atoms with Gasteiger partial charge in [-0.15, -0.1) is 16.5 Å². The van der Waals surface area contributed by atoms with Crippen molar-refractivity contribution in [3.8, 4) is 0 Å². The van der Waals surface area contributed by atoms with Gasteiger partial charge in [0.05, 0.1) is 17.9 Å². The van der Waals surface area contributed by atoms with E-state index in [2.05, 4.69) is 5.29 Å². The lowest BCUT2D eigenvalue weighted by Gasteiger charge is -2.35. The van der Waals surface area contributed by atoms with Crippen LogP contribution in [-0.2, 0) is 9.47 Å². The lowest BCUT2D eigenvalue weighted by Crippen LogP contribution is -2.55. The molecule has 2 aliphatic heterocycles. The highest BCUT2D eigenvalue weighted by Crippen LogP contribution is 2.37. The Morgan fingerprint density at radius 1 is 1.38 bits per heavy atom. The summed E-state index contributed by atoms with van der Waals surface area (Å²) in [5.74, 6) is -2.32. The van der Waals surface area contributed by atoms with Gasteiger partial charge >= 0.3 is 6.03 Å². The molecule has 11 nitrogen and oxygen atoms in total. The summed E-state index contributed by atoms with van der Waals surface area (Å²) >= 11 is 5.58. The second kappa shape index (κ2) is 10.3. The van der Waals surface area contributed by atoms with E-state index >= 15 is 0 Å². The highest BCUT2D eigenvalue weighted by molar-refractivity contribution is 6.18. The third-order valence-electron chi connectivity index (χ3n) is 5.04. The highest BCUT2D eigenvalue weighted by atomic mass is 35.5. The lowest BCUT2D eigenvalue weighted by molar-refractivity contribution is -0.256. The first kappa shape index (κ1) is 24.2. The number of nitroso groups, excluding NO2 is 1. The molecule has 2 unspecified atom stereocenters. The monoisotopic (exact) mass is 439 g/mol. The minimum atomic E-state index is -2.15. The summed E-state index contributed by atoms with van der Waals surface area (Å²) < 4.78 is 10.9. The fourth-order valence-electron chi connectivity index (χ4n) is 3.63. The maximum absolute atomic E-state index is 12.7. The Morgan fingerprint density at radius 3 is 2.59 bits per heavy atom. The van der Waals surface area contributed by atoms with Gasteiger partial charge in [0.25, 0.3) is 0 Å². The Hall–Kier alpha value is -1.08. The molecule has 0 aliphatic carbocycles. The number of urea groups is 1. The van der Waals surface area contributed by atoms with Crippen LogP contribution in [0.1, 0.15) is 33.1 Å². The SMILES string of the molecule is CC(C)CN(C(=O)N(CCCl)N=O)C(O)[C@@H]1O[C@](O)(CC2CCCO2)[C@H](O)[C@@H]1O. The van der Waals surface area contributed by atoms with Gasteiger partial charge in [0.1, 0.15) is 18.3 Å². The van der Waals surface area contributed by atoms with Crippen LogP contribution in [0.3, 0.4) is 0 Å². The number of aliphatic hydroxyl groups is 4. The molecule has 0 aromatic carbocycles. The van der Waals surface area contributed by atoms with Crippen molar-refractivity contribution in [2.45, 2.75) is 69.5 Å².